The maximum Gasteiger partial charge on any atom is 0.202 e. The Labute approximate surface area is 144 Å². The Morgan fingerprint density at radius 3 is 2.75 bits per heavy atom. The van der Waals surface area contributed by atoms with Gasteiger partial charge in [-0.2, -0.15) is 0 Å². The van der Waals surface area contributed by atoms with Gasteiger partial charge in [-0.1, -0.05) is 55.8 Å². The van der Waals surface area contributed by atoms with E-state index in [1.165, 1.54) is 35.2 Å². The van der Waals surface area contributed by atoms with E-state index in [2.05, 4.69) is 72.2 Å². The van der Waals surface area contributed by atoms with E-state index in [0.29, 0.717) is 0 Å². The summed E-state index contributed by atoms with van der Waals surface area (Å²) in [6.07, 6.45) is 2.39. The first-order valence-corrected chi connectivity index (χ1v) is 9.03. The van der Waals surface area contributed by atoms with Gasteiger partial charge < -0.3 is 9.80 Å². The van der Waals surface area contributed by atoms with Gasteiger partial charge in [0, 0.05) is 24.3 Å². The zero-order chi connectivity index (χ0) is 16.5. The molecule has 4 rings (SSSR count). The Morgan fingerprint density at radius 1 is 1.12 bits per heavy atom. The highest BCUT2D eigenvalue weighted by Gasteiger charge is 2.38. The molecule has 2 aliphatic rings. The van der Waals surface area contributed by atoms with E-state index in [-0.39, 0.29) is 6.04 Å². The molecule has 0 radical (unpaired) electrons. The summed E-state index contributed by atoms with van der Waals surface area (Å²) >= 11 is 0. The molecule has 1 atom stereocenters. The molecule has 0 saturated carbocycles. The van der Waals surface area contributed by atoms with Crippen LogP contribution < -0.4 is 4.90 Å². The van der Waals surface area contributed by atoms with E-state index in [0.717, 1.165) is 25.6 Å². The van der Waals surface area contributed by atoms with Crippen molar-refractivity contribution in [3.63, 3.8) is 0 Å². The molecule has 1 unspecified atom stereocenters. The number of rotatable bonds is 4. The largest absolute Gasteiger partial charge is 0.329 e. The van der Waals surface area contributed by atoms with Gasteiger partial charge in [0.05, 0.1) is 12.6 Å². The van der Waals surface area contributed by atoms with Gasteiger partial charge in [0.25, 0.3) is 0 Å². The Bertz CT molecular complexity index is 751. The predicted molar refractivity (Wildman–Crippen MR) is 101 cm³/mol. The molecular weight excluding hydrogens is 294 g/mol. The first-order valence-electron chi connectivity index (χ1n) is 9.03. The average molecular weight is 319 g/mol. The third-order valence-electron chi connectivity index (χ3n) is 5.03. The Morgan fingerprint density at radius 2 is 1.96 bits per heavy atom. The number of aryl methyl sites for hydroxylation is 1. The second-order valence-corrected chi connectivity index (χ2v) is 6.76. The van der Waals surface area contributed by atoms with E-state index in [1.807, 2.05) is 0 Å². The third kappa shape index (κ3) is 2.48. The maximum absolute atomic E-state index is 4.86. The van der Waals surface area contributed by atoms with Gasteiger partial charge in [0.15, 0.2) is 0 Å². The fourth-order valence-corrected chi connectivity index (χ4v) is 3.86. The van der Waals surface area contributed by atoms with Crippen LogP contribution in [0.4, 0.5) is 5.69 Å². The summed E-state index contributed by atoms with van der Waals surface area (Å²) in [5.41, 5.74) is 5.42. The van der Waals surface area contributed by atoms with Gasteiger partial charge >= 0.3 is 0 Å². The van der Waals surface area contributed by atoms with Crippen LogP contribution in [0.15, 0.2) is 53.5 Å². The first kappa shape index (κ1) is 15.3. The predicted octanol–water partition coefficient (Wildman–Crippen LogP) is 4.38. The first-order chi connectivity index (χ1) is 11.8. The van der Waals surface area contributed by atoms with Gasteiger partial charge in [-0.3, -0.25) is 4.99 Å². The number of fused-ring (bicyclic) bond motifs is 2. The van der Waals surface area contributed by atoms with E-state index in [9.17, 15) is 0 Å². The SMILES string of the molecule is CCCCN1C2=NCCN2C(c2ccccc2)c2ccc(C)cc21. The quantitative estimate of drug-likeness (QED) is 0.833. The number of aliphatic imine (C=N–C) groups is 1. The number of nitrogens with zero attached hydrogens (tertiary/aromatic N) is 3. The zero-order valence-corrected chi connectivity index (χ0v) is 14.6. The van der Waals surface area contributed by atoms with Crippen molar-refractivity contribution in [2.45, 2.75) is 32.7 Å². The molecule has 0 N–H and O–H groups in total. The number of hydrogen-bond donors (Lipinski definition) is 0. The van der Waals surface area contributed by atoms with Crippen LogP contribution in [0.2, 0.25) is 0 Å². The molecule has 24 heavy (non-hydrogen) atoms. The molecule has 124 valence electrons. The van der Waals surface area contributed by atoms with Crippen molar-refractivity contribution in [1.29, 1.82) is 0 Å². The van der Waals surface area contributed by atoms with Crippen LogP contribution in [0.25, 0.3) is 0 Å². The van der Waals surface area contributed by atoms with Gasteiger partial charge in [-0.05, 0) is 30.5 Å². The summed E-state index contributed by atoms with van der Waals surface area (Å²) in [6.45, 7) is 7.38. The number of anilines is 1. The maximum atomic E-state index is 4.86. The van der Waals surface area contributed by atoms with Crippen LogP contribution in [0.5, 0.6) is 0 Å². The highest BCUT2D eigenvalue weighted by atomic mass is 15.4. The summed E-state index contributed by atoms with van der Waals surface area (Å²) in [4.78, 5) is 9.80. The lowest BCUT2D eigenvalue weighted by Gasteiger charge is -2.43. The highest BCUT2D eigenvalue weighted by molar-refractivity contribution is 6.00. The summed E-state index contributed by atoms with van der Waals surface area (Å²) in [5.74, 6) is 1.16. The van der Waals surface area contributed by atoms with Crippen LogP contribution in [0, 0.1) is 6.92 Å². The van der Waals surface area contributed by atoms with Crippen LogP contribution in [0.1, 0.15) is 42.5 Å². The number of hydrogen-bond acceptors (Lipinski definition) is 3. The van der Waals surface area contributed by atoms with Crippen molar-refractivity contribution >= 4 is 11.6 Å². The van der Waals surface area contributed by atoms with E-state index < -0.39 is 0 Å². The van der Waals surface area contributed by atoms with Crippen molar-refractivity contribution in [2.75, 3.05) is 24.5 Å². The normalized spacial score (nSPS) is 19.1. The second-order valence-electron chi connectivity index (χ2n) is 6.76. The van der Waals surface area contributed by atoms with Crippen molar-refractivity contribution in [1.82, 2.24) is 4.90 Å². The minimum atomic E-state index is 0.279. The average Bonchev–Trinajstić information content (AvgIpc) is 3.08. The molecule has 2 aromatic carbocycles. The summed E-state index contributed by atoms with van der Waals surface area (Å²) < 4.78 is 0. The number of guanidine groups is 1. The molecule has 0 aromatic heterocycles. The molecule has 2 aliphatic heterocycles. The van der Waals surface area contributed by atoms with Gasteiger partial charge in [0.1, 0.15) is 0 Å². The minimum absolute atomic E-state index is 0.279. The topological polar surface area (TPSA) is 18.8 Å². The Balaban J connectivity index is 1.86. The van der Waals surface area contributed by atoms with Gasteiger partial charge in [-0.15, -0.1) is 0 Å². The Kier molecular flexibility index (Phi) is 4.01. The summed E-state index contributed by atoms with van der Waals surface area (Å²) in [5, 5.41) is 0. The molecular formula is C21H25N3. The molecule has 3 heteroatoms. The standard InChI is InChI=1S/C21H25N3/c1-3-4-13-23-19-15-16(2)10-11-18(19)20(17-8-6-5-7-9-17)24-14-12-22-21(23)24/h5-11,15,20H,3-4,12-14H2,1-2H3. The zero-order valence-electron chi connectivity index (χ0n) is 14.6. The van der Waals surface area contributed by atoms with Crippen molar-refractivity contribution in [2.24, 2.45) is 4.99 Å². The molecule has 0 aliphatic carbocycles. The van der Waals surface area contributed by atoms with Crippen LogP contribution in [-0.2, 0) is 0 Å². The smallest absolute Gasteiger partial charge is 0.202 e. The number of unbranched alkanes of at least 4 members (excludes halogenated alkanes) is 1. The van der Waals surface area contributed by atoms with Crippen molar-refractivity contribution < 1.29 is 0 Å². The van der Waals surface area contributed by atoms with Crippen LogP contribution in [-0.4, -0.2) is 30.5 Å². The summed E-state index contributed by atoms with van der Waals surface area (Å²) in [7, 11) is 0. The molecule has 2 heterocycles. The molecule has 0 amide bonds. The molecule has 0 bridgehead atoms. The van der Waals surface area contributed by atoms with Crippen LogP contribution >= 0.6 is 0 Å². The van der Waals surface area contributed by atoms with Crippen LogP contribution in [0.3, 0.4) is 0 Å². The molecule has 2 aromatic rings. The fourth-order valence-electron chi connectivity index (χ4n) is 3.86. The van der Waals surface area contributed by atoms with Gasteiger partial charge in [0.2, 0.25) is 5.96 Å². The lowest BCUT2D eigenvalue weighted by molar-refractivity contribution is 0.373. The molecule has 3 nitrogen and oxygen atoms in total. The summed E-state index contributed by atoms with van der Waals surface area (Å²) in [6, 6.07) is 18.0. The minimum Gasteiger partial charge on any atom is -0.329 e. The van der Waals surface area contributed by atoms with E-state index in [1.54, 1.807) is 0 Å². The molecule has 0 spiro atoms. The van der Waals surface area contributed by atoms with Crippen molar-refractivity contribution in [3.8, 4) is 0 Å². The van der Waals surface area contributed by atoms with E-state index in [4.69, 9.17) is 4.99 Å². The molecule has 0 fully saturated rings. The fraction of sp³-hybridized carbons (Fsp3) is 0.381. The lowest BCUT2D eigenvalue weighted by atomic mass is 9.92. The third-order valence-corrected chi connectivity index (χ3v) is 5.03. The molecule has 0 saturated heterocycles. The van der Waals surface area contributed by atoms with Gasteiger partial charge in [-0.25, -0.2) is 0 Å². The second kappa shape index (κ2) is 6.31. The number of benzene rings is 2. The van der Waals surface area contributed by atoms with Crippen molar-refractivity contribution in [3.05, 3.63) is 65.2 Å². The monoisotopic (exact) mass is 319 g/mol. The lowest BCUT2D eigenvalue weighted by Crippen LogP contribution is -2.49. The Hall–Kier alpha value is -2.29. The van der Waals surface area contributed by atoms with E-state index >= 15 is 0 Å². The highest BCUT2D eigenvalue weighted by Crippen LogP contribution is 2.42.